The monoisotopic (exact) mass is 505 g/mol. The van der Waals surface area contributed by atoms with Gasteiger partial charge in [0.15, 0.2) is 0 Å². The lowest BCUT2D eigenvalue weighted by molar-refractivity contribution is -0.274. The Morgan fingerprint density at radius 2 is 1.83 bits per heavy atom. The maximum atomic E-state index is 12.8. The number of urea groups is 1. The van der Waals surface area contributed by atoms with Crippen molar-refractivity contribution in [2.75, 3.05) is 51.3 Å². The molecule has 0 bridgehead atoms. The molecule has 2 heterocycles. The molecular formula is C25H30F3N5O3. The Hall–Kier alpha value is -3.31. The molecule has 2 aromatic rings. The van der Waals surface area contributed by atoms with Gasteiger partial charge in [0.2, 0.25) is 0 Å². The molecule has 1 fully saturated rings. The number of halogens is 3. The van der Waals surface area contributed by atoms with Crippen LogP contribution in [0.1, 0.15) is 23.6 Å². The van der Waals surface area contributed by atoms with E-state index in [4.69, 9.17) is 5.11 Å². The van der Waals surface area contributed by atoms with E-state index in [1.54, 1.807) is 13.0 Å². The van der Waals surface area contributed by atoms with Crippen LogP contribution < -0.4 is 15.0 Å². The average Bonchev–Trinajstić information content (AvgIpc) is 2.99. The largest absolute Gasteiger partial charge is 0.573 e. The van der Waals surface area contributed by atoms with Gasteiger partial charge in [-0.05, 0) is 49.2 Å². The van der Waals surface area contributed by atoms with Gasteiger partial charge in [-0.25, -0.2) is 9.80 Å². The van der Waals surface area contributed by atoms with Crippen molar-refractivity contribution in [2.24, 2.45) is 5.10 Å². The highest BCUT2D eigenvalue weighted by atomic mass is 19.4. The van der Waals surface area contributed by atoms with Crippen LogP contribution in [0.3, 0.4) is 0 Å². The number of β-amino-alcohol motifs (C(OH)–C–C–N with tert-alkyl or cyclic N) is 1. The first kappa shape index (κ1) is 25.8. The summed E-state index contributed by atoms with van der Waals surface area (Å²) in [4.78, 5) is 17.0. The van der Waals surface area contributed by atoms with Gasteiger partial charge in [0, 0.05) is 56.6 Å². The van der Waals surface area contributed by atoms with Crippen molar-refractivity contribution >= 4 is 17.4 Å². The van der Waals surface area contributed by atoms with E-state index in [-0.39, 0.29) is 12.4 Å². The fourth-order valence-electron chi connectivity index (χ4n) is 4.61. The van der Waals surface area contributed by atoms with Gasteiger partial charge in [-0.15, -0.1) is 13.2 Å². The molecule has 0 radical (unpaired) electrons. The molecule has 36 heavy (non-hydrogen) atoms. The van der Waals surface area contributed by atoms with Crippen molar-refractivity contribution in [3.05, 3.63) is 59.2 Å². The van der Waals surface area contributed by atoms with E-state index in [2.05, 4.69) is 25.0 Å². The van der Waals surface area contributed by atoms with Gasteiger partial charge in [0.05, 0.1) is 18.4 Å². The van der Waals surface area contributed by atoms with Gasteiger partial charge in [0.25, 0.3) is 0 Å². The minimum Gasteiger partial charge on any atom is -0.406 e. The summed E-state index contributed by atoms with van der Waals surface area (Å²) in [6, 6.07) is 11.2. The number of hydrazone groups is 1. The number of carbonyl (C=O) groups is 1. The normalized spacial score (nSPS) is 18.8. The number of benzene rings is 2. The Balaban J connectivity index is 1.65. The molecule has 2 aliphatic heterocycles. The molecule has 2 N–H and O–H groups in total. The van der Waals surface area contributed by atoms with E-state index in [0.717, 1.165) is 37.4 Å². The molecule has 2 aliphatic rings. The Bertz CT molecular complexity index is 1100. The van der Waals surface area contributed by atoms with Crippen LogP contribution in [0, 0.1) is 0 Å². The van der Waals surface area contributed by atoms with Crippen LogP contribution in [0.25, 0.3) is 0 Å². The SMILES string of the molecule is CNC(=O)N1N=C(c2ccc(N3CCN(CCO)CC3)cc2)c2ccc(OC(F)(F)F)cc2CC1C. The number of alkyl halides is 3. The molecule has 194 valence electrons. The number of rotatable bonds is 5. The molecular weight excluding hydrogens is 475 g/mol. The molecule has 2 amide bonds. The molecule has 1 unspecified atom stereocenters. The maximum Gasteiger partial charge on any atom is 0.573 e. The topological polar surface area (TPSA) is 80.6 Å². The second kappa shape index (κ2) is 10.8. The lowest BCUT2D eigenvalue weighted by Gasteiger charge is -2.35. The van der Waals surface area contributed by atoms with E-state index in [9.17, 15) is 18.0 Å². The van der Waals surface area contributed by atoms with E-state index >= 15 is 0 Å². The van der Waals surface area contributed by atoms with Crippen LogP contribution in [0.2, 0.25) is 0 Å². The summed E-state index contributed by atoms with van der Waals surface area (Å²) in [6.45, 7) is 6.02. The zero-order chi connectivity index (χ0) is 25.9. The van der Waals surface area contributed by atoms with E-state index < -0.39 is 18.4 Å². The fraction of sp³-hybridized carbons (Fsp3) is 0.440. The average molecular weight is 506 g/mol. The van der Waals surface area contributed by atoms with Crippen molar-refractivity contribution in [1.29, 1.82) is 0 Å². The Morgan fingerprint density at radius 3 is 2.44 bits per heavy atom. The van der Waals surface area contributed by atoms with Crippen molar-refractivity contribution in [3.8, 4) is 5.75 Å². The van der Waals surface area contributed by atoms with Crippen LogP contribution in [-0.4, -0.2) is 85.5 Å². The summed E-state index contributed by atoms with van der Waals surface area (Å²) in [6.07, 6.45) is -4.49. The summed E-state index contributed by atoms with van der Waals surface area (Å²) >= 11 is 0. The molecule has 1 atom stereocenters. The minimum absolute atomic E-state index is 0.147. The number of aliphatic hydroxyl groups is 1. The van der Waals surface area contributed by atoms with Crippen molar-refractivity contribution < 1.29 is 27.8 Å². The van der Waals surface area contributed by atoms with E-state index in [0.29, 0.717) is 29.8 Å². The highest BCUT2D eigenvalue weighted by Crippen LogP contribution is 2.30. The third-order valence-electron chi connectivity index (χ3n) is 6.42. The number of carbonyl (C=O) groups excluding carboxylic acids is 1. The zero-order valence-electron chi connectivity index (χ0n) is 20.3. The number of ether oxygens (including phenoxy) is 1. The van der Waals surface area contributed by atoms with Crippen LogP contribution >= 0.6 is 0 Å². The smallest absolute Gasteiger partial charge is 0.406 e. The van der Waals surface area contributed by atoms with Crippen LogP contribution in [0.15, 0.2) is 47.6 Å². The summed E-state index contributed by atoms with van der Waals surface area (Å²) < 4.78 is 42.6. The number of aliphatic hydroxyl groups excluding tert-OH is 1. The van der Waals surface area contributed by atoms with Gasteiger partial charge in [-0.2, -0.15) is 5.10 Å². The predicted octanol–water partition coefficient (Wildman–Crippen LogP) is 3.04. The number of piperazine rings is 1. The molecule has 0 saturated carbocycles. The Morgan fingerprint density at radius 1 is 1.14 bits per heavy atom. The van der Waals surface area contributed by atoms with Crippen molar-refractivity contribution in [2.45, 2.75) is 25.7 Å². The summed E-state index contributed by atoms with van der Waals surface area (Å²) in [5, 5.41) is 17.7. The predicted molar refractivity (Wildman–Crippen MR) is 130 cm³/mol. The highest BCUT2D eigenvalue weighted by molar-refractivity contribution is 6.14. The molecule has 0 aliphatic carbocycles. The number of nitrogens with zero attached hydrogens (tertiary/aromatic N) is 4. The third-order valence-corrected chi connectivity index (χ3v) is 6.42. The molecule has 0 spiro atoms. The second-order valence-electron chi connectivity index (χ2n) is 8.87. The molecule has 4 rings (SSSR count). The fourth-order valence-corrected chi connectivity index (χ4v) is 4.61. The van der Waals surface area contributed by atoms with Gasteiger partial charge in [-0.3, -0.25) is 4.90 Å². The highest BCUT2D eigenvalue weighted by Gasteiger charge is 2.32. The van der Waals surface area contributed by atoms with Crippen LogP contribution in [0.5, 0.6) is 5.75 Å². The lowest BCUT2D eigenvalue weighted by atomic mass is 9.94. The van der Waals surface area contributed by atoms with Gasteiger partial charge in [0.1, 0.15) is 5.75 Å². The summed E-state index contributed by atoms with van der Waals surface area (Å²) in [5.74, 6) is -0.308. The first-order valence-electron chi connectivity index (χ1n) is 11.9. The zero-order valence-corrected chi connectivity index (χ0v) is 20.3. The Labute approximate surface area is 207 Å². The maximum absolute atomic E-state index is 12.8. The third kappa shape index (κ3) is 5.90. The van der Waals surface area contributed by atoms with Gasteiger partial charge >= 0.3 is 12.4 Å². The van der Waals surface area contributed by atoms with Crippen molar-refractivity contribution in [1.82, 2.24) is 15.2 Å². The molecule has 0 aromatic heterocycles. The molecule has 2 aromatic carbocycles. The van der Waals surface area contributed by atoms with Gasteiger partial charge in [-0.1, -0.05) is 12.1 Å². The standard InChI is InChI=1S/C25H30F3N5O3/c1-17-15-19-16-21(36-25(26,27)28)7-8-22(19)23(30-33(17)24(35)29-2)18-3-5-20(6-4-18)32-11-9-31(10-12-32)13-14-34/h3-8,16-17,34H,9-15H2,1-2H3,(H,29,35). The number of amides is 2. The Kier molecular flexibility index (Phi) is 7.70. The van der Waals surface area contributed by atoms with Crippen molar-refractivity contribution in [3.63, 3.8) is 0 Å². The summed E-state index contributed by atoms with van der Waals surface area (Å²) in [7, 11) is 1.51. The second-order valence-corrected chi connectivity index (χ2v) is 8.87. The minimum atomic E-state index is -4.80. The number of nitrogens with one attached hydrogen (secondary N) is 1. The summed E-state index contributed by atoms with van der Waals surface area (Å²) in [5.41, 5.74) is 3.54. The number of anilines is 1. The van der Waals surface area contributed by atoms with E-state index in [1.165, 1.54) is 24.2 Å². The van der Waals surface area contributed by atoms with Crippen LogP contribution in [0.4, 0.5) is 23.7 Å². The molecule has 1 saturated heterocycles. The number of fused-ring (bicyclic) bond motifs is 1. The van der Waals surface area contributed by atoms with Gasteiger partial charge < -0.3 is 20.1 Å². The van der Waals surface area contributed by atoms with Crippen LogP contribution in [-0.2, 0) is 6.42 Å². The number of hydrogen-bond acceptors (Lipinski definition) is 6. The quantitative estimate of drug-likeness (QED) is 0.653. The molecule has 8 nitrogen and oxygen atoms in total. The lowest BCUT2D eigenvalue weighted by Crippen LogP contribution is -2.47. The first-order valence-corrected chi connectivity index (χ1v) is 11.9. The first-order chi connectivity index (χ1) is 17.2. The molecule has 11 heteroatoms. The number of hydrogen-bond donors (Lipinski definition) is 2. The van der Waals surface area contributed by atoms with E-state index in [1.807, 2.05) is 24.3 Å².